The minimum absolute atomic E-state index is 0.0677. The fraction of sp³-hybridized carbons (Fsp3) is 0.154. The van der Waals surface area contributed by atoms with Crippen molar-refractivity contribution in [3.63, 3.8) is 0 Å². The average molecular weight is 294 g/mol. The summed E-state index contributed by atoms with van der Waals surface area (Å²) in [5.41, 5.74) is 0.0677. The third kappa shape index (κ3) is 3.92. The highest BCUT2D eigenvalue weighted by Gasteiger charge is 2.08. The molecule has 0 spiro atoms. The molecule has 2 aromatic heterocycles. The highest BCUT2D eigenvalue weighted by Crippen LogP contribution is 2.08. The van der Waals surface area contributed by atoms with E-state index in [1.54, 1.807) is 18.3 Å². The number of nitrogens with one attached hydrogen (secondary N) is 2. The van der Waals surface area contributed by atoms with E-state index in [4.69, 9.17) is 12.2 Å². The number of pyridine rings is 2. The summed E-state index contributed by atoms with van der Waals surface area (Å²) in [5.74, 6) is -1.21. The zero-order valence-electron chi connectivity index (χ0n) is 10.4. The molecule has 0 saturated heterocycles. The molecule has 2 heterocycles. The number of halogens is 2. The molecule has 2 aromatic rings. The molecule has 2 rings (SSSR count). The number of anilines is 1. The number of hydrogen-bond acceptors (Lipinski definition) is 3. The Labute approximate surface area is 120 Å². The Hall–Kier alpha value is -2.15. The Morgan fingerprint density at radius 3 is 2.75 bits per heavy atom. The Bertz CT molecular complexity index is 592. The van der Waals surface area contributed by atoms with E-state index >= 15 is 0 Å². The molecule has 4 nitrogen and oxygen atoms in total. The molecule has 0 radical (unpaired) electrons. The van der Waals surface area contributed by atoms with E-state index in [2.05, 4.69) is 20.6 Å². The molecule has 0 saturated carbocycles. The van der Waals surface area contributed by atoms with E-state index in [0.29, 0.717) is 17.5 Å². The predicted octanol–water partition coefficient (Wildman–Crippen LogP) is 2.28. The van der Waals surface area contributed by atoms with Gasteiger partial charge in [0.15, 0.2) is 16.7 Å². The second-order valence-electron chi connectivity index (χ2n) is 3.90. The van der Waals surface area contributed by atoms with Crippen molar-refractivity contribution in [1.82, 2.24) is 15.3 Å². The molecule has 0 aromatic carbocycles. The van der Waals surface area contributed by atoms with Gasteiger partial charge in [0.2, 0.25) is 0 Å². The number of thiocarbonyl (C=S) groups is 1. The summed E-state index contributed by atoms with van der Waals surface area (Å²) in [5, 5.41) is 6.11. The van der Waals surface area contributed by atoms with E-state index in [1.807, 2.05) is 6.07 Å². The van der Waals surface area contributed by atoms with Crippen LogP contribution in [0.5, 0.6) is 0 Å². The number of hydrogen-bond donors (Lipinski definition) is 2. The summed E-state index contributed by atoms with van der Waals surface area (Å²) in [6.45, 7) is 0.339. The van der Waals surface area contributed by atoms with Gasteiger partial charge in [0.25, 0.3) is 0 Å². The van der Waals surface area contributed by atoms with Crippen LogP contribution in [-0.4, -0.2) is 21.6 Å². The van der Waals surface area contributed by atoms with Crippen LogP contribution < -0.4 is 10.6 Å². The van der Waals surface area contributed by atoms with E-state index in [0.717, 1.165) is 6.07 Å². The molecule has 0 bridgehead atoms. The lowest BCUT2D eigenvalue weighted by molar-refractivity contribution is 0.491. The van der Waals surface area contributed by atoms with Gasteiger partial charge in [-0.15, -0.1) is 0 Å². The van der Waals surface area contributed by atoms with Crippen LogP contribution in [0.2, 0.25) is 0 Å². The molecule has 0 aliphatic carbocycles. The smallest absolute Gasteiger partial charge is 0.180 e. The Balaban J connectivity index is 1.81. The lowest BCUT2D eigenvalue weighted by Crippen LogP contribution is -2.30. The van der Waals surface area contributed by atoms with E-state index in [1.165, 1.54) is 6.20 Å². The van der Waals surface area contributed by atoms with Crippen LogP contribution in [0.25, 0.3) is 0 Å². The van der Waals surface area contributed by atoms with Crippen molar-refractivity contribution in [3.05, 3.63) is 54.0 Å². The van der Waals surface area contributed by atoms with Gasteiger partial charge in [-0.05, 0) is 30.4 Å². The van der Waals surface area contributed by atoms with Crippen LogP contribution in [0.1, 0.15) is 5.69 Å². The van der Waals surface area contributed by atoms with Crippen molar-refractivity contribution in [3.8, 4) is 0 Å². The second-order valence-corrected chi connectivity index (χ2v) is 4.31. The Kier molecular flexibility index (Phi) is 4.89. The van der Waals surface area contributed by atoms with Crippen LogP contribution in [-0.2, 0) is 6.42 Å². The van der Waals surface area contributed by atoms with Crippen LogP contribution in [0, 0.1) is 11.6 Å². The molecule has 20 heavy (non-hydrogen) atoms. The van der Waals surface area contributed by atoms with Crippen LogP contribution >= 0.6 is 12.2 Å². The van der Waals surface area contributed by atoms with Gasteiger partial charge in [0, 0.05) is 25.4 Å². The number of nitrogens with zero attached hydrogens (tertiary/aromatic N) is 2. The van der Waals surface area contributed by atoms with E-state index in [-0.39, 0.29) is 12.1 Å². The first-order valence-corrected chi connectivity index (χ1v) is 6.32. The molecule has 104 valence electrons. The average Bonchev–Trinajstić information content (AvgIpc) is 2.44. The zero-order chi connectivity index (χ0) is 14.4. The third-order valence-electron chi connectivity index (χ3n) is 2.47. The van der Waals surface area contributed by atoms with Crippen molar-refractivity contribution in [2.24, 2.45) is 0 Å². The van der Waals surface area contributed by atoms with Gasteiger partial charge in [-0.3, -0.25) is 4.98 Å². The summed E-state index contributed by atoms with van der Waals surface area (Å²) in [7, 11) is 0. The van der Waals surface area contributed by atoms with Gasteiger partial charge < -0.3 is 10.6 Å². The summed E-state index contributed by atoms with van der Waals surface area (Å²) >= 11 is 5.06. The fourth-order valence-corrected chi connectivity index (χ4v) is 1.73. The molecular formula is C13H12F2N4S. The largest absolute Gasteiger partial charge is 0.362 e. The van der Waals surface area contributed by atoms with E-state index < -0.39 is 11.6 Å². The summed E-state index contributed by atoms with van der Waals surface area (Å²) in [6, 6.07) is 6.37. The van der Waals surface area contributed by atoms with Gasteiger partial charge in [0.1, 0.15) is 5.82 Å². The molecule has 0 unspecified atom stereocenters. The summed E-state index contributed by atoms with van der Waals surface area (Å²) in [4.78, 5) is 7.84. The normalized spacial score (nSPS) is 10.1. The number of aromatic nitrogens is 2. The Morgan fingerprint density at radius 1 is 1.15 bits per heavy atom. The number of rotatable bonds is 4. The van der Waals surface area contributed by atoms with Gasteiger partial charge in [-0.1, -0.05) is 6.07 Å². The lowest BCUT2D eigenvalue weighted by Gasteiger charge is -2.09. The van der Waals surface area contributed by atoms with Crippen molar-refractivity contribution in [1.29, 1.82) is 0 Å². The second kappa shape index (κ2) is 6.85. The summed E-state index contributed by atoms with van der Waals surface area (Å²) < 4.78 is 26.3. The highest BCUT2D eigenvalue weighted by molar-refractivity contribution is 7.80. The van der Waals surface area contributed by atoms with Gasteiger partial charge in [-0.2, -0.15) is 0 Å². The molecule has 0 atom stereocenters. The third-order valence-corrected chi connectivity index (χ3v) is 2.71. The lowest BCUT2D eigenvalue weighted by atomic mass is 10.2. The van der Waals surface area contributed by atoms with Crippen LogP contribution in [0.15, 0.2) is 36.7 Å². The minimum atomic E-state index is -0.919. The molecular weight excluding hydrogens is 282 g/mol. The van der Waals surface area contributed by atoms with Crippen LogP contribution in [0.4, 0.5) is 14.6 Å². The highest BCUT2D eigenvalue weighted by atomic mass is 32.1. The predicted molar refractivity (Wildman–Crippen MR) is 76.3 cm³/mol. The molecule has 0 fully saturated rings. The molecule has 0 aliphatic rings. The van der Waals surface area contributed by atoms with Gasteiger partial charge in [-0.25, -0.2) is 13.8 Å². The standard InChI is InChI=1S/C13H12F2N4S/c14-9-4-7-16-10(12(9)15)5-8-18-13(20)19-11-3-1-2-6-17-11/h1-4,6-7H,5,8H2,(H2,17,18,19,20). The molecule has 2 N–H and O–H groups in total. The van der Waals surface area contributed by atoms with E-state index in [9.17, 15) is 8.78 Å². The first-order chi connectivity index (χ1) is 9.66. The van der Waals surface area contributed by atoms with Crippen molar-refractivity contribution in [2.45, 2.75) is 6.42 Å². The molecule has 7 heteroatoms. The van der Waals surface area contributed by atoms with Crippen molar-refractivity contribution < 1.29 is 8.78 Å². The molecule has 0 aliphatic heterocycles. The zero-order valence-corrected chi connectivity index (χ0v) is 11.3. The maximum atomic E-state index is 13.3. The van der Waals surface area contributed by atoms with Crippen molar-refractivity contribution in [2.75, 3.05) is 11.9 Å². The fourth-order valence-electron chi connectivity index (χ4n) is 1.53. The quantitative estimate of drug-likeness (QED) is 0.847. The Morgan fingerprint density at radius 2 is 2.00 bits per heavy atom. The molecule has 0 amide bonds. The van der Waals surface area contributed by atoms with Gasteiger partial charge >= 0.3 is 0 Å². The van der Waals surface area contributed by atoms with Crippen LogP contribution in [0.3, 0.4) is 0 Å². The SMILES string of the molecule is Fc1ccnc(CCNC(=S)Nc2ccccn2)c1F. The first-order valence-electron chi connectivity index (χ1n) is 5.91. The topological polar surface area (TPSA) is 49.8 Å². The maximum absolute atomic E-state index is 13.3. The summed E-state index contributed by atoms with van der Waals surface area (Å²) in [6.07, 6.45) is 3.10. The van der Waals surface area contributed by atoms with Crippen molar-refractivity contribution >= 4 is 23.1 Å². The monoisotopic (exact) mass is 294 g/mol. The first kappa shape index (κ1) is 14.3. The maximum Gasteiger partial charge on any atom is 0.180 e. The minimum Gasteiger partial charge on any atom is -0.362 e. The van der Waals surface area contributed by atoms with Gasteiger partial charge in [0.05, 0.1) is 5.69 Å².